The van der Waals surface area contributed by atoms with Crippen LogP contribution in [0.4, 0.5) is 5.69 Å². The van der Waals surface area contributed by atoms with Gasteiger partial charge >= 0.3 is 0 Å². The van der Waals surface area contributed by atoms with Crippen molar-refractivity contribution in [3.8, 4) is 121 Å². The molecule has 0 spiro atoms. The van der Waals surface area contributed by atoms with E-state index in [-0.39, 0.29) is 127 Å². The molecule has 45 nitrogen and oxygen atoms in total. The topological polar surface area (TPSA) is 583 Å². The predicted octanol–water partition coefficient (Wildman–Crippen LogP) is 3.10. The van der Waals surface area contributed by atoms with E-state index < -0.39 is 352 Å². The van der Waals surface area contributed by atoms with Crippen molar-refractivity contribution in [2.45, 2.75) is 38.5 Å². The second kappa shape index (κ2) is 37.8. The molecule has 45 heteroatoms. The minimum atomic E-state index is -1.13. The van der Waals surface area contributed by atoms with Crippen LogP contribution >= 0.6 is 0 Å². The normalized spacial score (nSPS) is 19.7. The summed E-state index contributed by atoms with van der Waals surface area (Å²) in [6, 6.07) is 0. The first-order chi connectivity index (χ1) is 61.6. The first-order valence-electron chi connectivity index (χ1n) is 39.6. The van der Waals surface area contributed by atoms with E-state index in [0.29, 0.717) is 0 Å². The third kappa shape index (κ3) is 16.6. The molecular formula is C82H82N2O43. The van der Waals surface area contributed by atoms with Gasteiger partial charge in [-0.05, 0) is 38.5 Å². The van der Waals surface area contributed by atoms with Crippen LogP contribution in [0.5, 0.6) is 121 Å². The summed E-state index contributed by atoms with van der Waals surface area (Å²) in [5.74, 6) is -29.5. The number of nitrogens with one attached hydrogen (secondary N) is 2. The van der Waals surface area contributed by atoms with Gasteiger partial charge in [0.15, 0.2) is 34.5 Å². The Kier molecular flexibility index (Phi) is 25.8. The smallest absolute Gasteiger partial charge is 0.270 e. The fourth-order valence-electron chi connectivity index (χ4n) is 14.5. The molecule has 0 amide bonds. The largest absolute Gasteiger partial charge is 0.504 e. The Bertz CT molecular complexity index is 5210. The molecule has 678 valence electrons. The lowest BCUT2D eigenvalue weighted by Gasteiger charge is -2.27. The highest BCUT2D eigenvalue weighted by Crippen LogP contribution is 2.60. The number of aliphatic hydroxyl groups excluding tert-OH is 1. The molecule has 0 saturated carbocycles. The molecular weight excluding hydrogens is 1700 g/mol. The quantitative estimate of drug-likeness (QED) is 0.0797. The number of aliphatic hydroxyl groups is 1. The highest BCUT2D eigenvalue weighted by Gasteiger charge is 2.47. The van der Waals surface area contributed by atoms with Crippen molar-refractivity contribution in [2.24, 2.45) is 0 Å². The number of methoxy groups -OCH3 is 3. The van der Waals surface area contributed by atoms with E-state index >= 15 is 0 Å². The number of anilines is 1. The van der Waals surface area contributed by atoms with Gasteiger partial charge in [-0.2, -0.15) is 0 Å². The summed E-state index contributed by atoms with van der Waals surface area (Å²) < 4.78 is 153. The summed E-state index contributed by atoms with van der Waals surface area (Å²) in [4.78, 5) is 115. The van der Waals surface area contributed by atoms with E-state index in [1.165, 1.54) is 14.2 Å². The van der Waals surface area contributed by atoms with Crippen molar-refractivity contribution in [3.05, 3.63) is 103 Å². The van der Waals surface area contributed by atoms with E-state index in [2.05, 4.69) is 10.6 Å². The number of phenols is 8. The van der Waals surface area contributed by atoms with E-state index in [0.717, 1.165) is 7.11 Å². The van der Waals surface area contributed by atoms with Crippen LogP contribution in [0.1, 0.15) is 36.8 Å². The molecule has 0 saturated heterocycles. The lowest BCUT2D eigenvalue weighted by atomic mass is 9.93. The fraction of sp³-hybridized carbons (Fsp3) is 0.415. The minimum absolute atomic E-state index is 0.0235. The monoisotopic (exact) mass is 1780 g/mol. The maximum absolute atomic E-state index is 14.8. The molecule has 28 bridgehead atoms. The molecule has 0 atom stereocenters. The Morgan fingerprint density at radius 2 is 0.520 bits per heavy atom. The molecule has 0 aromatic heterocycles. The van der Waals surface area contributed by atoms with Gasteiger partial charge < -0.3 is 180 Å². The van der Waals surface area contributed by atoms with Gasteiger partial charge in [0.05, 0.1) is 46.8 Å². The number of allylic oxidation sites excluding steroid dienone is 1. The number of aromatic hydroxyl groups is 8. The van der Waals surface area contributed by atoms with Crippen molar-refractivity contribution in [2.75, 3.05) is 192 Å². The second-order valence-corrected chi connectivity index (χ2v) is 27.8. The Morgan fingerprint density at radius 3 is 0.929 bits per heavy atom. The SMILES string of the molecule is COC1=C2OCCOc3c(O)c4c(c(O)c3OCCOC3=C5OCCOc6c(O)c7c(c(O)c6OCCOC6=C8OCCOc9c(O)c%10c(c(O)c9OCCCC9=C%11OCCOc%12c(O)c(OC)c(c(O)c%12OC)OCCOC(=C(NCCN%10)C%11=O)C9=O)CCCOC(=C(OCCO7)C8=O)C6=O)OCCOC(=C(OCCO4)C5=O)C3=O)CCCOC(=C(O)C2=O)C1=O. The van der Waals surface area contributed by atoms with Gasteiger partial charge in [-0.25, -0.2) is 0 Å². The average molecular weight is 1780 g/mol. The van der Waals surface area contributed by atoms with Crippen molar-refractivity contribution in [1.82, 2.24) is 5.32 Å². The second-order valence-electron chi connectivity index (χ2n) is 27.8. The maximum atomic E-state index is 14.8. The Labute approximate surface area is 716 Å². The fourth-order valence-corrected chi connectivity index (χ4v) is 14.5. The number of rotatable bonds is 3. The summed E-state index contributed by atoms with van der Waals surface area (Å²) in [7, 11) is 3.51. The lowest BCUT2D eigenvalue weighted by Crippen LogP contribution is -2.36. The molecule has 0 fully saturated rings. The highest BCUT2D eigenvalue weighted by molar-refractivity contribution is 6.25. The summed E-state index contributed by atoms with van der Waals surface area (Å²) in [6.07, 6.45) is -0.909. The summed E-state index contributed by atoms with van der Waals surface area (Å²) >= 11 is 0. The van der Waals surface area contributed by atoms with Crippen molar-refractivity contribution < 1.29 is 207 Å². The summed E-state index contributed by atoms with van der Waals surface area (Å²) in [5.41, 5.74) is -0.677. The molecule has 4 aromatic rings. The van der Waals surface area contributed by atoms with Gasteiger partial charge in [0.25, 0.3) is 34.7 Å². The molecule has 11 N–H and O–H groups in total. The summed E-state index contributed by atoms with van der Waals surface area (Å²) in [6.45, 7) is -13.3. The first kappa shape index (κ1) is 86.7. The van der Waals surface area contributed by atoms with E-state index in [1.807, 2.05) is 0 Å². The Hall–Kier alpha value is -15.2. The standard InChI is InChI=1S/C82H82N2O43/c1-102-61-48(93)60-45(90)46(91)67(61)113-23-26-116-70-47(92)58-37(9-5-12-105-60)42(87)65(70)111-21-24-119-77-54(99)76-75(117-19-16-109-58)53(98)78(77)125-33-34-127-82-55(100)79-80(126-32-31-123-76)56(101)81(82)124-30-29-121-73-51(96)71-72(118-27-28-122-79)52(97)74(73)120-25-22-112-66-43(88)38-35(7-4-13-107-71)40(85)64(66)106-14-6-8-36-41(86)59-39(84-11-10-83-38)44(89)57(36)108-15-18-114-68-49(94)63(104-3)69(115-20-17-110-59)50(95)62(68)103-2/h83-85,87-88,90,92,94-95,100-101H,4-34H2,1-3H3. The van der Waals surface area contributed by atoms with Crippen LogP contribution in [0.2, 0.25) is 0 Å². The molecule has 4 aromatic carbocycles. The molecule has 127 heavy (non-hydrogen) atoms. The Balaban J connectivity index is 0.659. The van der Waals surface area contributed by atoms with Crippen LogP contribution in [0.3, 0.4) is 0 Å². The van der Waals surface area contributed by atoms with Crippen LogP contribution in [0, 0.1) is 0 Å². The number of hydrogen-bond acceptors (Lipinski definition) is 45. The van der Waals surface area contributed by atoms with Gasteiger partial charge in [-0.15, -0.1) is 0 Å². The highest BCUT2D eigenvalue weighted by atomic mass is 16.6. The van der Waals surface area contributed by atoms with Gasteiger partial charge in [-0.1, -0.05) is 0 Å². The maximum Gasteiger partial charge on any atom is 0.270 e. The van der Waals surface area contributed by atoms with Crippen molar-refractivity contribution in [1.29, 1.82) is 0 Å². The average Bonchev–Trinajstić information content (AvgIpc) is 0.772. The van der Waals surface area contributed by atoms with Crippen LogP contribution in [0.25, 0.3) is 0 Å². The molecule has 36 rings (SSSR count). The third-order valence-corrected chi connectivity index (χ3v) is 20.1. The number of ketones is 8. The minimum Gasteiger partial charge on any atom is -0.504 e. The number of carbonyl (C=O) groups excluding carboxylic acids is 8. The number of carbonyl (C=O) groups is 8. The van der Waals surface area contributed by atoms with Gasteiger partial charge in [0, 0.05) is 29.8 Å². The van der Waals surface area contributed by atoms with E-state index in [4.69, 9.17) is 123 Å². The first-order valence-corrected chi connectivity index (χ1v) is 39.6. The number of hydrogen-bond donors (Lipinski definition) is 11. The predicted molar refractivity (Wildman–Crippen MR) is 412 cm³/mol. The van der Waals surface area contributed by atoms with Crippen LogP contribution in [-0.4, -0.2) is 279 Å². The molecule has 32 aliphatic rings. The lowest BCUT2D eigenvalue weighted by molar-refractivity contribution is -0.128. The number of phenolic OH excluding ortho intramolecular Hbond substituents is 8. The molecule has 28 aliphatic heterocycles. The number of benzene rings is 4. The van der Waals surface area contributed by atoms with E-state index in [9.17, 15) is 84.3 Å². The molecule has 28 heterocycles. The van der Waals surface area contributed by atoms with Gasteiger partial charge in [0.2, 0.25) is 178 Å². The summed E-state index contributed by atoms with van der Waals surface area (Å²) in [5, 5.41) is 112. The zero-order valence-electron chi connectivity index (χ0n) is 67.8. The van der Waals surface area contributed by atoms with Crippen LogP contribution in [0.15, 0.2) is 91.9 Å². The molecule has 0 radical (unpaired) electrons. The molecule has 4 aliphatic carbocycles. The van der Waals surface area contributed by atoms with Crippen molar-refractivity contribution >= 4 is 52.0 Å². The van der Waals surface area contributed by atoms with Gasteiger partial charge in [0.1, 0.15) is 138 Å². The van der Waals surface area contributed by atoms with Gasteiger partial charge in [-0.3, -0.25) is 38.4 Å². The van der Waals surface area contributed by atoms with Crippen LogP contribution < -0.4 is 72.2 Å². The third-order valence-electron chi connectivity index (χ3n) is 20.1. The van der Waals surface area contributed by atoms with Crippen molar-refractivity contribution in [3.63, 3.8) is 0 Å². The zero-order chi connectivity index (χ0) is 89.4. The molecule has 0 unspecified atom stereocenters. The zero-order valence-corrected chi connectivity index (χ0v) is 67.8. The van der Waals surface area contributed by atoms with Crippen LogP contribution in [-0.2, 0) is 113 Å². The van der Waals surface area contributed by atoms with E-state index in [1.54, 1.807) is 0 Å². The number of Topliss-reactive ketones (excluding diaryl/α,β-unsaturated/α-hetero) is 8. The Morgan fingerprint density at radius 1 is 0.228 bits per heavy atom. The number of ether oxygens (including phenoxy) is 26.